The third-order valence-electron chi connectivity index (χ3n) is 4.50. The van der Waals surface area contributed by atoms with Gasteiger partial charge in [0.05, 0.1) is 11.4 Å². The minimum Gasteiger partial charge on any atom is -0.475 e. The van der Waals surface area contributed by atoms with Crippen LogP contribution in [0.2, 0.25) is 0 Å². The molecule has 0 atom stereocenters. The van der Waals surface area contributed by atoms with Crippen LogP contribution in [0.4, 0.5) is 13.2 Å². The van der Waals surface area contributed by atoms with Crippen molar-refractivity contribution in [3.63, 3.8) is 0 Å². The predicted molar refractivity (Wildman–Crippen MR) is 107 cm³/mol. The molecule has 174 valence electrons. The lowest BCUT2D eigenvalue weighted by atomic mass is 10.0. The third-order valence-corrected chi connectivity index (χ3v) is 5.45. The predicted octanol–water partition coefficient (Wildman–Crippen LogP) is 1.53. The number of sulfone groups is 1. The van der Waals surface area contributed by atoms with Gasteiger partial charge in [-0.15, -0.1) is 0 Å². The highest BCUT2D eigenvalue weighted by atomic mass is 32.2. The van der Waals surface area contributed by atoms with Crippen LogP contribution in [0.5, 0.6) is 0 Å². The molecular formula is C19H21F3N4O5S. The van der Waals surface area contributed by atoms with Gasteiger partial charge in [0.25, 0.3) is 0 Å². The number of nitrogens with zero attached hydrogens (tertiary/aromatic N) is 4. The fourth-order valence-electron chi connectivity index (χ4n) is 2.96. The van der Waals surface area contributed by atoms with E-state index in [1.54, 1.807) is 23.6 Å². The standard InChI is InChI=1S/C17H20N4O3S.C2HF3O2/c1-25(23,24)10-6-16(22)21-8-4-14-15(5-9-21)19-12-20-17(14)13-3-2-7-18-11-13;3-2(4,5)1(6)7/h2-3,7,11-12H,4-6,8-10H2,1H3;(H,6,7). The number of carbonyl (C=O) groups excluding carboxylic acids is 1. The number of rotatable bonds is 4. The summed E-state index contributed by atoms with van der Waals surface area (Å²) < 4.78 is 54.3. The van der Waals surface area contributed by atoms with Gasteiger partial charge >= 0.3 is 12.1 Å². The lowest BCUT2D eigenvalue weighted by Crippen LogP contribution is -2.34. The zero-order valence-electron chi connectivity index (χ0n) is 17.0. The summed E-state index contributed by atoms with van der Waals surface area (Å²) in [4.78, 5) is 35.9. The average Bonchev–Trinajstić information content (AvgIpc) is 2.94. The molecule has 13 heteroatoms. The van der Waals surface area contributed by atoms with Crippen LogP contribution < -0.4 is 0 Å². The van der Waals surface area contributed by atoms with Gasteiger partial charge in [0.15, 0.2) is 0 Å². The number of pyridine rings is 1. The van der Waals surface area contributed by atoms with E-state index in [0.717, 1.165) is 28.8 Å². The van der Waals surface area contributed by atoms with Crippen LogP contribution >= 0.6 is 0 Å². The highest BCUT2D eigenvalue weighted by molar-refractivity contribution is 7.90. The van der Waals surface area contributed by atoms with Crippen LogP contribution in [0, 0.1) is 0 Å². The molecule has 0 fully saturated rings. The van der Waals surface area contributed by atoms with E-state index in [1.807, 2.05) is 12.1 Å². The Balaban J connectivity index is 0.000000451. The van der Waals surface area contributed by atoms with Gasteiger partial charge in [-0.25, -0.2) is 23.2 Å². The zero-order valence-corrected chi connectivity index (χ0v) is 17.9. The molecule has 0 bridgehead atoms. The Morgan fingerprint density at radius 3 is 2.41 bits per heavy atom. The molecule has 3 rings (SSSR count). The number of halogens is 3. The maximum absolute atomic E-state index is 12.3. The number of fused-ring (bicyclic) bond motifs is 1. The number of carboxylic acid groups (broad SMARTS) is 1. The largest absolute Gasteiger partial charge is 0.490 e. The van der Waals surface area contributed by atoms with Crippen molar-refractivity contribution < 1.29 is 36.3 Å². The summed E-state index contributed by atoms with van der Waals surface area (Å²) in [6, 6.07) is 3.82. The second-order valence-corrected chi connectivity index (χ2v) is 9.21. The number of hydrogen-bond donors (Lipinski definition) is 1. The van der Waals surface area contributed by atoms with Gasteiger partial charge < -0.3 is 10.0 Å². The number of aliphatic carboxylic acids is 1. The van der Waals surface area contributed by atoms with Crippen molar-refractivity contribution in [3.05, 3.63) is 42.1 Å². The molecule has 0 radical (unpaired) electrons. The molecule has 0 saturated heterocycles. The molecule has 9 nitrogen and oxygen atoms in total. The van der Waals surface area contributed by atoms with Crippen molar-refractivity contribution in [2.24, 2.45) is 0 Å². The van der Waals surface area contributed by atoms with E-state index in [4.69, 9.17) is 9.90 Å². The minimum atomic E-state index is -5.08. The van der Waals surface area contributed by atoms with Crippen molar-refractivity contribution in [1.82, 2.24) is 19.9 Å². The molecule has 0 saturated carbocycles. The first-order valence-corrected chi connectivity index (χ1v) is 11.4. The Hall–Kier alpha value is -3.09. The second-order valence-electron chi connectivity index (χ2n) is 6.95. The van der Waals surface area contributed by atoms with Crippen LogP contribution in [0.15, 0.2) is 30.9 Å². The molecule has 1 N–H and O–H groups in total. The number of alkyl halides is 3. The number of aromatic nitrogens is 3. The lowest BCUT2D eigenvalue weighted by Gasteiger charge is -2.19. The SMILES string of the molecule is CS(=O)(=O)CCC(=O)N1CCc2ncnc(-c3cccnc3)c2CC1.O=C(O)C(F)(F)F. The van der Waals surface area contributed by atoms with Gasteiger partial charge in [-0.3, -0.25) is 9.78 Å². The topological polar surface area (TPSA) is 130 Å². The lowest BCUT2D eigenvalue weighted by molar-refractivity contribution is -0.192. The third kappa shape index (κ3) is 7.55. The van der Waals surface area contributed by atoms with Gasteiger partial charge in [0.1, 0.15) is 16.2 Å². The number of carbonyl (C=O) groups is 2. The van der Waals surface area contributed by atoms with E-state index in [9.17, 15) is 26.4 Å². The van der Waals surface area contributed by atoms with Gasteiger partial charge in [-0.05, 0) is 18.6 Å². The Morgan fingerprint density at radius 1 is 1.19 bits per heavy atom. The summed E-state index contributed by atoms with van der Waals surface area (Å²) in [7, 11) is -3.14. The van der Waals surface area contributed by atoms with Crippen LogP contribution in [-0.2, 0) is 32.3 Å². The van der Waals surface area contributed by atoms with Crippen LogP contribution in [0.3, 0.4) is 0 Å². The Morgan fingerprint density at radius 2 is 1.84 bits per heavy atom. The average molecular weight is 474 g/mol. The van der Waals surface area contributed by atoms with E-state index >= 15 is 0 Å². The van der Waals surface area contributed by atoms with Crippen LogP contribution in [0.1, 0.15) is 17.7 Å². The van der Waals surface area contributed by atoms with Crippen molar-refractivity contribution >= 4 is 21.7 Å². The smallest absolute Gasteiger partial charge is 0.475 e. The van der Waals surface area contributed by atoms with E-state index in [1.165, 1.54) is 0 Å². The molecule has 1 aliphatic heterocycles. The molecular weight excluding hydrogens is 453 g/mol. The molecule has 2 aromatic rings. The number of amides is 1. The summed E-state index contributed by atoms with van der Waals surface area (Å²) in [5, 5.41) is 7.12. The first kappa shape index (κ1) is 25.2. The molecule has 0 spiro atoms. The summed E-state index contributed by atoms with van der Waals surface area (Å²) in [6.45, 7) is 1.08. The maximum atomic E-state index is 12.3. The van der Waals surface area contributed by atoms with Crippen molar-refractivity contribution in [3.8, 4) is 11.3 Å². The molecule has 3 heterocycles. The summed E-state index contributed by atoms with van der Waals surface area (Å²) in [5.74, 6) is -3.00. The Labute approximate surface area is 182 Å². The first-order chi connectivity index (χ1) is 14.9. The van der Waals surface area contributed by atoms with Gasteiger partial charge in [0.2, 0.25) is 5.91 Å². The first-order valence-electron chi connectivity index (χ1n) is 9.37. The van der Waals surface area contributed by atoms with Crippen molar-refractivity contribution in [2.75, 3.05) is 25.1 Å². The second kappa shape index (κ2) is 10.5. The van der Waals surface area contributed by atoms with E-state index in [0.29, 0.717) is 25.9 Å². The Bertz CT molecular complexity index is 1060. The minimum absolute atomic E-state index is 0.0241. The normalized spacial score (nSPS) is 13.9. The molecule has 32 heavy (non-hydrogen) atoms. The summed E-state index contributed by atoms with van der Waals surface area (Å²) in [5.41, 5.74) is 3.75. The van der Waals surface area contributed by atoms with E-state index in [-0.39, 0.29) is 18.1 Å². The monoisotopic (exact) mass is 474 g/mol. The van der Waals surface area contributed by atoms with Gasteiger partial charge in [0, 0.05) is 61.4 Å². The molecule has 1 amide bonds. The summed E-state index contributed by atoms with van der Waals surface area (Å²) >= 11 is 0. The fraction of sp³-hybridized carbons (Fsp3) is 0.421. The molecule has 1 aliphatic rings. The molecule has 0 aromatic carbocycles. The molecule has 0 aliphatic carbocycles. The summed E-state index contributed by atoms with van der Waals surface area (Å²) in [6.07, 6.45) is 2.39. The van der Waals surface area contributed by atoms with Crippen LogP contribution in [-0.4, -0.2) is 76.5 Å². The van der Waals surface area contributed by atoms with Gasteiger partial charge in [-0.1, -0.05) is 0 Å². The van der Waals surface area contributed by atoms with E-state index in [2.05, 4.69) is 15.0 Å². The van der Waals surface area contributed by atoms with Crippen molar-refractivity contribution in [2.45, 2.75) is 25.4 Å². The fourth-order valence-corrected chi connectivity index (χ4v) is 3.50. The highest BCUT2D eigenvalue weighted by Gasteiger charge is 2.38. The quantitative estimate of drug-likeness (QED) is 0.706. The van der Waals surface area contributed by atoms with Crippen LogP contribution in [0.25, 0.3) is 11.3 Å². The van der Waals surface area contributed by atoms with Crippen molar-refractivity contribution in [1.29, 1.82) is 0 Å². The maximum Gasteiger partial charge on any atom is 0.490 e. The van der Waals surface area contributed by atoms with Gasteiger partial charge in [-0.2, -0.15) is 13.2 Å². The number of hydrogen-bond acceptors (Lipinski definition) is 7. The van der Waals surface area contributed by atoms with E-state index < -0.39 is 22.0 Å². The molecule has 2 aromatic heterocycles. The zero-order chi connectivity index (χ0) is 23.9. The molecule has 0 unspecified atom stereocenters. The highest BCUT2D eigenvalue weighted by Crippen LogP contribution is 2.25. The Kier molecular flexibility index (Phi) is 8.25. The number of carboxylic acids is 1.